The van der Waals surface area contributed by atoms with Gasteiger partial charge in [0.15, 0.2) is 5.82 Å². The van der Waals surface area contributed by atoms with E-state index in [1.165, 1.54) is 42.5 Å². The standard InChI is InChI=1S/C22H26ClN3O3.C12H16N2O.C10H11Cl2NO2/c1-20(2,3)29-19(27)14-4-5-16(24-18(14)23)26-12-6-17(25-26)28-13-7-15-21(8-9-21)22(15)10-11-22;1-7-13-14-10(1)15-8-2-9-11(3-4-11)12(9)5-6-12;1-10(2,3)15-9(14)6-4-5-7(11)13-8(6)12/h4-6,12,15H,7-11,13H2,1-3H3;1,7,9H,2-6,8H2,(H,13,14);4-5H,1-3H3/i7D2;2D2;. The van der Waals surface area contributed by atoms with Crippen LogP contribution in [-0.2, 0) is 9.47 Å². The monoisotopic (exact) mass is 870 g/mol. The molecule has 59 heavy (non-hydrogen) atoms. The molecule has 0 radical (unpaired) electrons. The zero-order valence-electron chi connectivity index (χ0n) is 38.2. The Labute approximate surface area is 366 Å². The lowest BCUT2D eigenvalue weighted by molar-refractivity contribution is 0.00567. The molecule has 6 fully saturated rings. The number of carbonyl (C=O) groups is 2. The minimum Gasteiger partial charge on any atom is -0.478 e. The van der Waals surface area contributed by atoms with Crippen LogP contribution >= 0.6 is 34.8 Å². The third kappa shape index (κ3) is 8.69. The number of halogens is 3. The SMILES string of the molecule is CC(C)(C)OC(=O)c1ccc(Cl)nc1Cl.[2H]C([2H])(COc1ccn(-c2ccc(C(=O)OC(C)(C)C)c(Cl)n2)n1)C1C2(CC2)C12CC2.[2H]C([2H])(COc1ccn[nH]1)C1C2(CC2)C12CC2. The molecule has 0 unspecified atom stereocenters. The Morgan fingerprint density at radius 1 is 0.729 bits per heavy atom. The van der Waals surface area contributed by atoms with Gasteiger partial charge in [-0.15, -0.1) is 5.10 Å². The summed E-state index contributed by atoms with van der Waals surface area (Å²) in [5.74, 6) is 0.631. The maximum absolute atomic E-state index is 12.2. The fourth-order valence-corrected chi connectivity index (χ4v) is 9.76. The van der Waals surface area contributed by atoms with E-state index in [1.54, 1.807) is 78.2 Å². The summed E-state index contributed by atoms with van der Waals surface area (Å²) in [5, 5.41) is 11.2. The highest BCUT2D eigenvalue weighted by Gasteiger charge is 2.86. The van der Waals surface area contributed by atoms with E-state index in [4.69, 9.17) is 59.2 Å². The van der Waals surface area contributed by atoms with Crippen LogP contribution in [0, 0.1) is 33.5 Å². The maximum atomic E-state index is 12.2. The van der Waals surface area contributed by atoms with Crippen LogP contribution in [0.5, 0.6) is 11.8 Å². The molecule has 15 heteroatoms. The average Bonchev–Trinajstić information content (AvgIpc) is 3.88. The van der Waals surface area contributed by atoms with Crippen LogP contribution in [0.3, 0.4) is 0 Å². The molecule has 1 N–H and O–H groups in total. The molecule has 4 aromatic rings. The van der Waals surface area contributed by atoms with E-state index in [9.17, 15) is 9.59 Å². The molecule has 0 amide bonds. The maximum Gasteiger partial charge on any atom is 0.341 e. The van der Waals surface area contributed by atoms with Gasteiger partial charge in [-0.3, -0.25) is 0 Å². The zero-order valence-corrected chi connectivity index (χ0v) is 36.4. The second-order valence-electron chi connectivity index (χ2n) is 18.5. The molecule has 4 heterocycles. The molecular formula is C44H53Cl3N6O6. The van der Waals surface area contributed by atoms with Gasteiger partial charge >= 0.3 is 11.9 Å². The van der Waals surface area contributed by atoms with E-state index in [1.807, 2.05) is 0 Å². The molecule has 6 aliphatic rings. The lowest BCUT2D eigenvalue weighted by Gasteiger charge is -2.19. The Hall–Kier alpha value is -3.87. The topological polar surface area (TPSA) is 143 Å². The summed E-state index contributed by atoms with van der Waals surface area (Å²) < 4.78 is 56.7. The number of aromatic nitrogens is 6. The van der Waals surface area contributed by atoms with Crippen molar-refractivity contribution in [1.82, 2.24) is 29.9 Å². The van der Waals surface area contributed by atoms with Gasteiger partial charge in [0.2, 0.25) is 11.8 Å². The number of esters is 2. The largest absolute Gasteiger partial charge is 0.478 e. The molecule has 0 atom stereocenters. The Morgan fingerprint density at radius 2 is 1.22 bits per heavy atom. The molecule has 4 spiro atoms. The van der Waals surface area contributed by atoms with Crippen LogP contribution in [0.25, 0.3) is 5.82 Å². The smallest absolute Gasteiger partial charge is 0.341 e. The molecule has 0 bridgehead atoms. The van der Waals surface area contributed by atoms with Crippen molar-refractivity contribution in [2.24, 2.45) is 33.5 Å². The third-order valence-corrected chi connectivity index (χ3v) is 13.2. The van der Waals surface area contributed by atoms with Crippen molar-refractivity contribution in [3.05, 3.63) is 75.4 Å². The average molecular weight is 872 g/mol. The minimum absolute atomic E-state index is 0.00997. The Bertz CT molecular complexity index is 2350. The van der Waals surface area contributed by atoms with E-state index >= 15 is 0 Å². The number of H-pyrrole nitrogens is 1. The highest BCUT2D eigenvalue weighted by Crippen LogP contribution is 2.93. The van der Waals surface area contributed by atoms with Gasteiger partial charge in [0.25, 0.3) is 0 Å². The van der Waals surface area contributed by atoms with E-state index in [2.05, 4.69) is 25.3 Å². The highest BCUT2D eigenvalue weighted by atomic mass is 35.5. The van der Waals surface area contributed by atoms with Gasteiger partial charge < -0.3 is 18.9 Å². The fourth-order valence-electron chi connectivity index (χ4n) is 9.12. The number of rotatable bonds is 11. The first-order valence-corrected chi connectivity index (χ1v) is 21.3. The summed E-state index contributed by atoms with van der Waals surface area (Å²) in [5.41, 5.74) is 0.533. The molecule has 0 aliphatic heterocycles. The van der Waals surface area contributed by atoms with E-state index in [0.29, 0.717) is 28.4 Å². The Kier molecular flexibility index (Phi) is 9.54. The van der Waals surface area contributed by atoms with Gasteiger partial charge in [0, 0.05) is 23.8 Å². The number of pyridine rings is 2. The van der Waals surface area contributed by atoms with Gasteiger partial charge in [0.05, 0.1) is 30.5 Å². The molecule has 6 saturated carbocycles. The van der Waals surface area contributed by atoms with E-state index < -0.39 is 35.9 Å². The number of nitrogens with zero attached hydrogens (tertiary/aromatic N) is 5. The molecule has 6 aliphatic carbocycles. The molecule has 316 valence electrons. The molecule has 4 aromatic heterocycles. The van der Waals surface area contributed by atoms with Crippen LogP contribution in [-0.4, -0.2) is 66.3 Å². The molecule has 10 rings (SSSR count). The van der Waals surface area contributed by atoms with Gasteiger partial charge in [-0.25, -0.2) is 29.3 Å². The number of ether oxygens (including phenoxy) is 4. The van der Waals surface area contributed by atoms with Crippen molar-refractivity contribution in [3.8, 4) is 17.6 Å². The molecular weight excluding hydrogens is 815 g/mol. The number of aromatic amines is 1. The van der Waals surface area contributed by atoms with Crippen molar-refractivity contribution >= 4 is 46.7 Å². The number of nitrogens with one attached hydrogen (secondary N) is 1. The molecule has 12 nitrogen and oxygen atoms in total. The first-order chi connectivity index (χ1) is 29.4. The summed E-state index contributed by atoms with van der Waals surface area (Å²) >= 11 is 17.6. The summed E-state index contributed by atoms with van der Waals surface area (Å²) in [6, 6.07) is 9.55. The van der Waals surface area contributed by atoms with Crippen LogP contribution < -0.4 is 9.47 Å². The van der Waals surface area contributed by atoms with Crippen molar-refractivity contribution < 1.29 is 34.0 Å². The Balaban J connectivity index is 0.000000143. The van der Waals surface area contributed by atoms with E-state index in [0.717, 1.165) is 25.7 Å². The van der Waals surface area contributed by atoms with Crippen LogP contribution in [0.15, 0.2) is 48.8 Å². The van der Waals surface area contributed by atoms with E-state index in [-0.39, 0.29) is 62.5 Å². The second-order valence-corrected chi connectivity index (χ2v) is 19.6. The summed E-state index contributed by atoms with van der Waals surface area (Å²) in [7, 11) is 0. The number of hydrogen-bond acceptors (Lipinski definition) is 10. The lowest BCUT2D eigenvalue weighted by Crippen LogP contribution is -2.24. The van der Waals surface area contributed by atoms with Crippen molar-refractivity contribution in [3.63, 3.8) is 0 Å². The third-order valence-electron chi connectivity index (χ3n) is 12.4. The number of hydrogen-bond donors (Lipinski definition) is 1. The molecule has 0 saturated heterocycles. The predicted octanol–water partition coefficient (Wildman–Crippen LogP) is 10.5. The normalized spacial score (nSPS) is 21.7. The van der Waals surface area contributed by atoms with Crippen LogP contribution in [0.2, 0.25) is 15.5 Å². The summed E-state index contributed by atoms with van der Waals surface area (Å²) in [4.78, 5) is 31.9. The zero-order chi connectivity index (χ0) is 45.6. The Morgan fingerprint density at radius 3 is 1.66 bits per heavy atom. The number of fused-ring (bicyclic) bond motifs is 2. The first kappa shape index (κ1) is 36.9. The van der Waals surface area contributed by atoms with Gasteiger partial charge in [-0.1, -0.05) is 34.8 Å². The molecule has 0 aromatic carbocycles. The van der Waals surface area contributed by atoms with Crippen LogP contribution in [0.4, 0.5) is 0 Å². The quantitative estimate of drug-likeness (QED) is 0.114. The second kappa shape index (κ2) is 15.2. The fraction of sp³-hybridized carbons (Fsp3) is 0.591. The lowest BCUT2D eigenvalue weighted by atomic mass is 10.2. The van der Waals surface area contributed by atoms with Crippen molar-refractivity contribution in [1.29, 1.82) is 0 Å². The van der Waals surface area contributed by atoms with Gasteiger partial charge in [-0.2, -0.15) is 5.10 Å². The van der Waals surface area contributed by atoms with Crippen molar-refractivity contribution in [2.75, 3.05) is 13.2 Å². The summed E-state index contributed by atoms with van der Waals surface area (Å²) in [6.45, 7) is 10.8. The predicted molar refractivity (Wildman–Crippen MR) is 223 cm³/mol. The van der Waals surface area contributed by atoms with Crippen LogP contribution in [0.1, 0.15) is 132 Å². The summed E-state index contributed by atoms with van der Waals surface area (Å²) in [6.07, 6.45) is 10.3. The van der Waals surface area contributed by atoms with Crippen molar-refractivity contribution in [2.45, 2.75) is 117 Å². The first-order valence-electron chi connectivity index (χ1n) is 22.1. The van der Waals surface area contributed by atoms with Gasteiger partial charge in [0.1, 0.15) is 26.7 Å². The minimum atomic E-state index is -1.35. The highest BCUT2D eigenvalue weighted by molar-refractivity contribution is 6.34. The van der Waals surface area contributed by atoms with Gasteiger partial charge in [-0.05, 0) is 163 Å². The number of carbonyl (C=O) groups excluding carboxylic acids is 2.